The van der Waals surface area contributed by atoms with Crippen molar-refractivity contribution >= 4 is 22.5 Å². The molecule has 0 spiro atoms. The monoisotopic (exact) mass is 684 g/mol. The van der Waals surface area contributed by atoms with Crippen molar-refractivity contribution in [3.8, 4) is 23.1 Å². The van der Waals surface area contributed by atoms with Gasteiger partial charge in [0.2, 0.25) is 12.3 Å². The van der Waals surface area contributed by atoms with Gasteiger partial charge in [-0.25, -0.2) is 23.1 Å². The van der Waals surface area contributed by atoms with E-state index in [0.717, 1.165) is 25.8 Å². The minimum atomic E-state index is -4.89. The number of likely N-dealkylation sites (tertiary alicyclic amines) is 1. The van der Waals surface area contributed by atoms with Crippen LogP contribution in [0.2, 0.25) is 0 Å². The lowest BCUT2D eigenvalue weighted by Crippen LogP contribution is -2.32. The van der Waals surface area contributed by atoms with Crippen LogP contribution in [0.4, 0.5) is 38.0 Å². The molecule has 2 fully saturated rings. The highest BCUT2D eigenvalue weighted by Crippen LogP contribution is 2.48. The Balaban J connectivity index is 0.00000221. The number of aromatic nitrogens is 4. The van der Waals surface area contributed by atoms with Gasteiger partial charge in [-0.15, -0.1) is 0 Å². The van der Waals surface area contributed by atoms with Crippen molar-refractivity contribution in [1.82, 2.24) is 30.2 Å². The quantitative estimate of drug-likeness (QED) is 0.253. The molecule has 3 aromatic heterocycles. The zero-order chi connectivity index (χ0) is 34.8. The predicted octanol–water partition coefficient (Wildman–Crippen LogP) is 6.08. The summed E-state index contributed by atoms with van der Waals surface area (Å²) in [6.45, 7) is 10.1. The van der Waals surface area contributed by atoms with E-state index in [9.17, 15) is 22.0 Å². The molecule has 1 saturated carbocycles. The van der Waals surface area contributed by atoms with Crippen LogP contribution in [-0.2, 0) is 6.18 Å². The fourth-order valence-electron chi connectivity index (χ4n) is 6.20. The topological polar surface area (TPSA) is 123 Å². The summed E-state index contributed by atoms with van der Waals surface area (Å²) in [5, 5.41) is 6.46. The van der Waals surface area contributed by atoms with Crippen LogP contribution in [0, 0.1) is 24.1 Å². The first-order valence-corrected chi connectivity index (χ1v) is 16.3. The van der Waals surface area contributed by atoms with Crippen molar-refractivity contribution in [2.45, 2.75) is 72.1 Å². The molecule has 1 saturated heterocycles. The third kappa shape index (κ3) is 7.80. The highest BCUT2D eigenvalue weighted by Gasteiger charge is 2.46. The second-order valence-corrected chi connectivity index (χ2v) is 12.5. The minimum absolute atomic E-state index is 0.0610. The first-order chi connectivity index (χ1) is 22.8. The van der Waals surface area contributed by atoms with Crippen molar-refractivity contribution in [2.24, 2.45) is 11.3 Å². The highest BCUT2D eigenvalue weighted by molar-refractivity contribution is 5.96. The van der Waals surface area contributed by atoms with Crippen LogP contribution in [0.15, 0.2) is 6.07 Å². The van der Waals surface area contributed by atoms with Gasteiger partial charge in [-0.05, 0) is 58.7 Å². The Bertz CT molecular complexity index is 1600. The summed E-state index contributed by atoms with van der Waals surface area (Å²) in [4.78, 5) is 18.9. The fourth-order valence-corrected chi connectivity index (χ4v) is 6.20. The number of halogens is 6. The van der Waals surface area contributed by atoms with Crippen molar-refractivity contribution in [3.05, 3.63) is 23.1 Å². The summed E-state index contributed by atoms with van der Waals surface area (Å²) < 4.78 is 97.9. The molecular weight excluding hydrogens is 642 g/mol. The van der Waals surface area contributed by atoms with Crippen molar-refractivity contribution < 1.29 is 35.8 Å². The van der Waals surface area contributed by atoms with E-state index in [0.29, 0.717) is 52.1 Å². The van der Waals surface area contributed by atoms with Gasteiger partial charge in [-0.1, -0.05) is 13.8 Å². The van der Waals surface area contributed by atoms with Gasteiger partial charge in [-0.2, -0.15) is 23.1 Å². The largest absolute Gasteiger partial charge is 0.474 e. The average Bonchev–Trinajstić information content (AvgIpc) is 3.63. The lowest BCUT2D eigenvalue weighted by molar-refractivity contribution is -0.137. The predicted molar refractivity (Wildman–Crippen MR) is 170 cm³/mol. The molecule has 48 heavy (non-hydrogen) atoms. The Morgan fingerprint density at radius 2 is 1.85 bits per heavy atom. The van der Waals surface area contributed by atoms with Crippen LogP contribution in [0.5, 0.6) is 11.9 Å². The van der Waals surface area contributed by atoms with Gasteiger partial charge in [0.15, 0.2) is 5.82 Å². The zero-order valence-corrected chi connectivity index (χ0v) is 27.5. The van der Waals surface area contributed by atoms with Gasteiger partial charge < -0.3 is 30.7 Å². The molecular formula is C32H42F6N8O2. The number of nitrogens with one attached hydrogen (secondary N) is 2. The molecule has 10 nitrogen and oxygen atoms in total. The number of nitrogens with two attached hydrogens (primary N) is 1. The number of aryl methyl sites for hydroxylation is 1. The van der Waals surface area contributed by atoms with Crippen molar-refractivity contribution in [3.63, 3.8) is 0 Å². The van der Waals surface area contributed by atoms with Crippen LogP contribution in [0.3, 0.4) is 0 Å². The van der Waals surface area contributed by atoms with E-state index in [-0.39, 0.29) is 46.5 Å². The molecule has 0 bridgehead atoms. The summed E-state index contributed by atoms with van der Waals surface area (Å²) >= 11 is 0. The third-order valence-corrected chi connectivity index (χ3v) is 8.81. The van der Waals surface area contributed by atoms with Crippen molar-refractivity contribution in [2.75, 3.05) is 56.9 Å². The molecule has 2 unspecified atom stereocenters. The number of rotatable bonds is 7. The molecule has 2 atom stereocenters. The molecule has 2 aliphatic heterocycles. The summed E-state index contributed by atoms with van der Waals surface area (Å²) in [6, 6.07) is 0.747. The number of ether oxygens (including phenoxy) is 2. The molecule has 16 heteroatoms. The van der Waals surface area contributed by atoms with E-state index in [2.05, 4.69) is 30.6 Å². The molecule has 4 N–H and O–H groups in total. The van der Waals surface area contributed by atoms with E-state index >= 15 is 4.39 Å². The van der Waals surface area contributed by atoms with Gasteiger partial charge >= 0.3 is 12.2 Å². The van der Waals surface area contributed by atoms with E-state index in [4.69, 9.17) is 15.2 Å². The number of hydrogen-bond acceptors (Lipinski definition) is 10. The van der Waals surface area contributed by atoms with Gasteiger partial charge in [0.25, 0.3) is 0 Å². The molecule has 0 radical (unpaired) electrons. The molecule has 0 amide bonds. The van der Waals surface area contributed by atoms with E-state index in [1.54, 1.807) is 6.92 Å². The van der Waals surface area contributed by atoms with Crippen LogP contribution >= 0.6 is 0 Å². The number of alkyl halides is 5. The van der Waals surface area contributed by atoms with Gasteiger partial charge in [0, 0.05) is 43.1 Å². The SMILES string of the molecule is CC.Cc1nc(N)cc(-c2nc3c4c(nc(OCC5(CN6CCC(C(F)F)C6)CC5)nc4c2F)NCCNCCC(C)O3)c1C(F)(F)F. The van der Waals surface area contributed by atoms with E-state index in [1.807, 2.05) is 18.7 Å². The normalized spacial score (nSPS) is 21.1. The zero-order valence-electron chi connectivity index (χ0n) is 27.5. The Morgan fingerprint density at radius 3 is 2.52 bits per heavy atom. The second-order valence-electron chi connectivity index (χ2n) is 12.5. The third-order valence-electron chi connectivity index (χ3n) is 8.81. The first-order valence-electron chi connectivity index (χ1n) is 16.3. The summed E-state index contributed by atoms with van der Waals surface area (Å²) in [6.07, 6.45) is -5.09. The Hall–Kier alpha value is -3.66. The number of nitrogen functional groups attached to an aromatic ring is 1. The molecule has 6 rings (SSSR count). The maximum Gasteiger partial charge on any atom is 0.418 e. The standard InChI is InChI=1S/C30H36F6N8O2.C2H6/c1-15-3-7-38-8-9-39-26-20-24(42-28(43-26)45-14-29(5-6-29)13-44-10-4-17(12-44)25(32)33)22(31)23(41-27(20)46-15)18-11-19(37)40-16(2)21(18)30(34,35)36;1-2/h11,15,17,25,38H,3-10,12-14H2,1-2H3,(H2,37,40)(H,39,42,43);1-2H3. The Kier molecular flexibility index (Phi) is 10.7. The summed E-state index contributed by atoms with van der Waals surface area (Å²) in [7, 11) is 0. The number of pyridine rings is 2. The molecule has 3 aromatic rings. The number of anilines is 2. The first kappa shape index (κ1) is 35.6. The van der Waals surface area contributed by atoms with E-state index in [1.165, 1.54) is 0 Å². The highest BCUT2D eigenvalue weighted by atomic mass is 19.4. The molecule has 0 aromatic carbocycles. The minimum Gasteiger partial charge on any atom is -0.474 e. The van der Waals surface area contributed by atoms with Crippen LogP contribution in [0.25, 0.3) is 22.2 Å². The smallest absolute Gasteiger partial charge is 0.418 e. The summed E-state index contributed by atoms with van der Waals surface area (Å²) in [5.41, 5.74) is 2.35. The van der Waals surface area contributed by atoms with E-state index < -0.39 is 53.0 Å². The summed E-state index contributed by atoms with van der Waals surface area (Å²) in [5.74, 6) is -2.02. The van der Waals surface area contributed by atoms with Crippen LogP contribution in [-0.4, -0.2) is 83.2 Å². The molecule has 3 aliphatic rings. The Morgan fingerprint density at radius 1 is 1.10 bits per heavy atom. The van der Waals surface area contributed by atoms with Crippen LogP contribution < -0.4 is 25.8 Å². The average molecular weight is 685 g/mol. The lowest BCUT2D eigenvalue weighted by Gasteiger charge is -2.23. The maximum absolute atomic E-state index is 16.5. The molecule has 1 aliphatic carbocycles. The number of nitrogens with zero attached hydrogens (tertiary/aromatic N) is 5. The van der Waals surface area contributed by atoms with Gasteiger partial charge in [0.05, 0.1) is 24.0 Å². The van der Waals surface area contributed by atoms with Crippen molar-refractivity contribution in [1.29, 1.82) is 0 Å². The molecule has 264 valence electrons. The second kappa shape index (κ2) is 14.4. The van der Waals surface area contributed by atoms with Crippen LogP contribution in [0.1, 0.15) is 57.7 Å². The lowest BCUT2D eigenvalue weighted by atomic mass is 10.0. The molecule has 5 heterocycles. The number of hydrogen-bond donors (Lipinski definition) is 3. The Labute approximate surface area is 275 Å². The maximum atomic E-state index is 16.5. The van der Waals surface area contributed by atoms with Gasteiger partial charge in [0.1, 0.15) is 28.2 Å². The fraction of sp³-hybridized carbons (Fsp3) is 0.625. The van der Waals surface area contributed by atoms with Gasteiger partial charge in [-0.3, -0.25) is 0 Å².